The van der Waals surface area contributed by atoms with E-state index in [2.05, 4.69) is 26.7 Å². The maximum absolute atomic E-state index is 13.0. The predicted octanol–water partition coefficient (Wildman–Crippen LogP) is 4.33. The van der Waals surface area contributed by atoms with Gasteiger partial charge in [-0.15, -0.1) is 0 Å². The zero-order valence-electron chi connectivity index (χ0n) is 19.7. The molecular weight excluding hydrogens is 426 g/mol. The summed E-state index contributed by atoms with van der Waals surface area (Å²) in [6, 6.07) is 17.3. The molecule has 4 rings (SSSR count). The van der Waals surface area contributed by atoms with Crippen LogP contribution in [0.3, 0.4) is 0 Å². The Morgan fingerprint density at radius 2 is 1.79 bits per heavy atom. The van der Waals surface area contributed by atoms with Crippen LogP contribution in [0, 0.1) is 0 Å². The standard InChI is InChI=1S/C27H33N5O2/c1-2-9-25(27(34)29-22-10-8-13-24(18-22)31-16-6-7-17-31)30-26(33)15-14-21-19-28-32(20-21)23-11-4-3-5-12-23/h3-5,8,10-13,18-20,25H,2,6-7,9,14-17H2,1H3,(H,29,34)(H,30,33). The van der Waals surface area contributed by atoms with Gasteiger partial charge in [0.2, 0.25) is 11.8 Å². The SMILES string of the molecule is CCCC(NC(=O)CCc1cnn(-c2ccccc2)c1)C(=O)Nc1cccc(N2CCCC2)c1. The van der Waals surface area contributed by atoms with E-state index >= 15 is 0 Å². The molecule has 7 nitrogen and oxygen atoms in total. The summed E-state index contributed by atoms with van der Waals surface area (Å²) >= 11 is 0. The first-order valence-corrected chi connectivity index (χ1v) is 12.2. The number of rotatable bonds is 10. The van der Waals surface area contributed by atoms with Crippen molar-refractivity contribution in [1.82, 2.24) is 15.1 Å². The Bertz CT molecular complexity index is 1090. The maximum Gasteiger partial charge on any atom is 0.246 e. The van der Waals surface area contributed by atoms with Crippen LogP contribution in [-0.2, 0) is 16.0 Å². The molecule has 1 unspecified atom stereocenters. The van der Waals surface area contributed by atoms with Crippen LogP contribution in [0.4, 0.5) is 11.4 Å². The largest absolute Gasteiger partial charge is 0.371 e. The molecule has 0 aliphatic carbocycles. The Morgan fingerprint density at radius 1 is 1.03 bits per heavy atom. The van der Waals surface area contributed by atoms with Gasteiger partial charge in [-0.25, -0.2) is 4.68 Å². The zero-order chi connectivity index (χ0) is 23.8. The van der Waals surface area contributed by atoms with Crippen LogP contribution in [-0.4, -0.2) is 40.7 Å². The van der Waals surface area contributed by atoms with Crippen molar-refractivity contribution in [2.24, 2.45) is 0 Å². The highest BCUT2D eigenvalue weighted by atomic mass is 16.2. The molecule has 0 bridgehead atoms. The van der Waals surface area contributed by atoms with Gasteiger partial charge in [0.05, 0.1) is 11.9 Å². The van der Waals surface area contributed by atoms with E-state index in [1.54, 1.807) is 10.9 Å². The van der Waals surface area contributed by atoms with Gasteiger partial charge >= 0.3 is 0 Å². The van der Waals surface area contributed by atoms with Crippen molar-refractivity contribution in [1.29, 1.82) is 0 Å². The molecule has 0 radical (unpaired) electrons. The Hall–Kier alpha value is -3.61. The molecule has 7 heteroatoms. The van der Waals surface area contributed by atoms with E-state index in [9.17, 15) is 9.59 Å². The van der Waals surface area contributed by atoms with Gasteiger partial charge in [-0.2, -0.15) is 5.10 Å². The number of nitrogens with zero attached hydrogens (tertiary/aromatic N) is 3. The molecule has 34 heavy (non-hydrogen) atoms. The van der Waals surface area contributed by atoms with Crippen molar-refractivity contribution >= 4 is 23.2 Å². The lowest BCUT2D eigenvalue weighted by Crippen LogP contribution is -2.43. The summed E-state index contributed by atoms with van der Waals surface area (Å²) in [5, 5.41) is 10.3. The fraction of sp³-hybridized carbons (Fsp3) is 0.370. The Balaban J connectivity index is 1.31. The van der Waals surface area contributed by atoms with Gasteiger partial charge in [-0.05, 0) is 61.6 Å². The molecule has 1 fully saturated rings. The number of para-hydroxylation sites is 1. The molecule has 2 N–H and O–H groups in total. The number of nitrogens with one attached hydrogen (secondary N) is 2. The summed E-state index contributed by atoms with van der Waals surface area (Å²) in [5.41, 5.74) is 3.85. The normalized spacial score (nSPS) is 14.1. The molecule has 1 aliphatic heterocycles. The number of hydrogen-bond donors (Lipinski definition) is 2. The topological polar surface area (TPSA) is 79.3 Å². The van der Waals surface area contributed by atoms with Gasteiger partial charge < -0.3 is 15.5 Å². The highest BCUT2D eigenvalue weighted by Crippen LogP contribution is 2.23. The first kappa shape index (κ1) is 23.5. The fourth-order valence-corrected chi connectivity index (χ4v) is 4.28. The zero-order valence-corrected chi connectivity index (χ0v) is 19.7. The molecule has 1 atom stereocenters. The first-order valence-electron chi connectivity index (χ1n) is 12.2. The molecule has 3 aromatic rings. The highest BCUT2D eigenvalue weighted by Gasteiger charge is 2.21. The van der Waals surface area contributed by atoms with Crippen LogP contribution < -0.4 is 15.5 Å². The number of hydrogen-bond acceptors (Lipinski definition) is 4. The smallest absolute Gasteiger partial charge is 0.246 e. The fourth-order valence-electron chi connectivity index (χ4n) is 4.28. The second kappa shape index (κ2) is 11.5. The van der Waals surface area contributed by atoms with E-state index in [1.807, 2.05) is 61.7 Å². The van der Waals surface area contributed by atoms with Gasteiger partial charge in [-0.1, -0.05) is 37.6 Å². The van der Waals surface area contributed by atoms with E-state index in [-0.39, 0.29) is 11.8 Å². The Morgan fingerprint density at radius 3 is 2.56 bits per heavy atom. The van der Waals surface area contributed by atoms with Crippen molar-refractivity contribution in [3.05, 3.63) is 72.6 Å². The number of amides is 2. The third-order valence-corrected chi connectivity index (χ3v) is 6.11. The molecule has 1 aliphatic rings. The molecule has 0 saturated carbocycles. The molecule has 2 aromatic carbocycles. The number of aromatic nitrogens is 2. The lowest BCUT2D eigenvalue weighted by molar-refractivity contribution is -0.126. The van der Waals surface area contributed by atoms with E-state index in [0.717, 1.165) is 42.1 Å². The summed E-state index contributed by atoms with van der Waals surface area (Å²) in [6.07, 6.45) is 8.39. The Labute approximate surface area is 201 Å². The van der Waals surface area contributed by atoms with Crippen LogP contribution in [0.25, 0.3) is 5.69 Å². The van der Waals surface area contributed by atoms with E-state index in [1.165, 1.54) is 12.8 Å². The lowest BCUT2D eigenvalue weighted by atomic mass is 10.1. The maximum atomic E-state index is 13.0. The van der Waals surface area contributed by atoms with Gasteiger partial charge in [-0.3, -0.25) is 9.59 Å². The van der Waals surface area contributed by atoms with Crippen LogP contribution in [0.5, 0.6) is 0 Å². The Kier molecular flexibility index (Phi) is 7.96. The molecule has 0 spiro atoms. The summed E-state index contributed by atoms with van der Waals surface area (Å²) in [5.74, 6) is -0.308. The van der Waals surface area contributed by atoms with Crippen molar-refractivity contribution < 1.29 is 9.59 Å². The third-order valence-electron chi connectivity index (χ3n) is 6.11. The van der Waals surface area contributed by atoms with E-state index in [4.69, 9.17) is 0 Å². The van der Waals surface area contributed by atoms with Gasteiger partial charge in [0.1, 0.15) is 6.04 Å². The number of aryl methyl sites for hydroxylation is 1. The number of anilines is 2. The molecule has 1 aromatic heterocycles. The summed E-state index contributed by atoms with van der Waals surface area (Å²) in [4.78, 5) is 27.9. The molecule has 1 saturated heterocycles. The van der Waals surface area contributed by atoms with E-state index < -0.39 is 6.04 Å². The molecule has 178 valence electrons. The van der Waals surface area contributed by atoms with Crippen LogP contribution >= 0.6 is 0 Å². The predicted molar refractivity (Wildman–Crippen MR) is 135 cm³/mol. The minimum atomic E-state index is -0.556. The minimum absolute atomic E-state index is 0.133. The minimum Gasteiger partial charge on any atom is -0.371 e. The second-order valence-electron chi connectivity index (χ2n) is 8.77. The third kappa shape index (κ3) is 6.25. The highest BCUT2D eigenvalue weighted by molar-refractivity contribution is 5.97. The number of carbonyl (C=O) groups is 2. The van der Waals surface area contributed by atoms with E-state index in [0.29, 0.717) is 19.3 Å². The van der Waals surface area contributed by atoms with Gasteiger partial charge in [0, 0.05) is 37.1 Å². The molecule has 2 amide bonds. The molecular formula is C27H33N5O2. The van der Waals surface area contributed by atoms with Gasteiger partial charge in [0.25, 0.3) is 0 Å². The first-order chi connectivity index (χ1) is 16.6. The monoisotopic (exact) mass is 459 g/mol. The quantitative estimate of drug-likeness (QED) is 0.473. The van der Waals surface area contributed by atoms with Crippen LogP contribution in [0.2, 0.25) is 0 Å². The van der Waals surface area contributed by atoms with Crippen LogP contribution in [0.15, 0.2) is 67.0 Å². The van der Waals surface area contributed by atoms with Crippen molar-refractivity contribution in [2.75, 3.05) is 23.3 Å². The van der Waals surface area contributed by atoms with Crippen LogP contribution in [0.1, 0.15) is 44.6 Å². The lowest BCUT2D eigenvalue weighted by Gasteiger charge is -2.20. The average Bonchev–Trinajstić information content (AvgIpc) is 3.56. The van der Waals surface area contributed by atoms with Crippen molar-refractivity contribution in [3.8, 4) is 5.69 Å². The summed E-state index contributed by atoms with van der Waals surface area (Å²) in [6.45, 7) is 4.12. The van der Waals surface area contributed by atoms with Crippen molar-refractivity contribution in [3.63, 3.8) is 0 Å². The molecule has 2 heterocycles. The number of benzene rings is 2. The summed E-state index contributed by atoms with van der Waals surface area (Å²) in [7, 11) is 0. The second-order valence-corrected chi connectivity index (χ2v) is 8.77. The number of carbonyl (C=O) groups excluding carboxylic acids is 2. The average molecular weight is 460 g/mol. The van der Waals surface area contributed by atoms with Crippen molar-refractivity contribution in [2.45, 2.75) is 51.5 Å². The van der Waals surface area contributed by atoms with Gasteiger partial charge in [0.15, 0.2) is 0 Å². The summed E-state index contributed by atoms with van der Waals surface area (Å²) < 4.78 is 1.80.